The number of hydrogen-bond donors (Lipinski definition) is 1. The molecule has 2 atom stereocenters. The summed E-state index contributed by atoms with van der Waals surface area (Å²) in [4.78, 5) is 4.05. The van der Waals surface area contributed by atoms with Crippen LogP contribution in [0.1, 0.15) is 38.1 Å². The summed E-state index contributed by atoms with van der Waals surface area (Å²) in [5.41, 5.74) is 1.41. The minimum absolute atomic E-state index is 0.00125. The van der Waals surface area contributed by atoms with Crippen LogP contribution in [-0.4, -0.2) is 33.8 Å². The SMILES string of the molecule is CC(C)(C)[S@](=O)N[C@@H](Cc1nc(S(C)(=O)=O)ccc1F)c1ccccc1-c1noc2c(F)cccc12. The Bertz CT molecular complexity index is 1560. The first-order chi connectivity index (χ1) is 16.9. The number of para-hydroxylation sites is 1. The van der Waals surface area contributed by atoms with E-state index in [-0.39, 0.29) is 22.7 Å². The third-order valence-corrected chi connectivity index (χ3v) is 8.12. The summed E-state index contributed by atoms with van der Waals surface area (Å²) in [7, 11) is -5.26. The third kappa shape index (κ3) is 5.37. The molecule has 0 amide bonds. The zero-order valence-electron chi connectivity index (χ0n) is 20.1. The lowest BCUT2D eigenvalue weighted by Crippen LogP contribution is -2.37. The second kappa shape index (κ2) is 9.79. The van der Waals surface area contributed by atoms with Crippen molar-refractivity contribution in [2.75, 3.05) is 6.26 Å². The first-order valence-corrected chi connectivity index (χ1v) is 14.1. The highest BCUT2D eigenvalue weighted by molar-refractivity contribution is 7.90. The fraction of sp³-hybridized carbons (Fsp3) is 0.280. The summed E-state index contributed by atoms with van der Waals surface area (Å²) >= 11 is 0. The van der Waals surface area contributed by atoms with Crippen LogP contribution < -0.4 is 4.72 Å². The van der Waals surface area contributed by atoms with Crippen LogP contribution in [0.5, 0.6) is 0 Å². The molecule has 2 aromatic heterocycles. The van der Waals surface area contributed by atoms with E-state index in [9.17, 15) is 21.4 Å². The maximum Gasteiger partial charge on any atom is 0.203 e. The fourth-order valence-electron chi connectivity index (χ4n) is 3.67. The molecule has 0 radical (unpaired) electrons. The van der Waals surface area contributed by atoms with E-state index in [2.05, 4.69) is 14.9 Å². The van der Waals surface area contributed by atoms with Crippen molar-refractivity contribution in [1.29, 1.82) is 0 Å². The maximum atomic E-state index is 14.8. The van der Waals surface area contributed by atoms with Crippen LogP contribution in [0.15, 0.2) is 64.1 Å². The first kappa shape index (κ1) is 26.1. The minimum atomic E-state index is -3.68. The van der Waals surface area contributed by atoms with E-state index < -0.39 is 43.2 Å². The molecule has 2 aromatic carbocycles. The normalized spacial score (nSPS) is 14.2. The largest absolute Gasteiger partial charge is 0.352 e. The van der Waals surface area contributed by atoms with E-state index in [1.807, 2.05) is 0 Å². The molecule has 4 aromatic rings. The van der Waals surface area contributed by atoms with E-state index in [1.165, 1.54) is 6.07 Å². The monoisotopic (exact) mass is 533 g/mol. The van der Waals surface area contributed by atoms with Gasteiger partial charge in [-0.05, 0) is 50.6 Å². The summed E-state index contributed by atoms with van der Waals surface area (Å²) in [6.45, 7) is 5.36. The highest BCUT2D eigenvalue weighted by Gasteiger charge is 2.28. The molecule has 0 spiro atoms. The van der Waals surface area contributed by atoms with Crippen LogP contribution in [0.3, 0.4) is 0 Å². The van der Waals surface area contributed by atoms with Crippen LogP contribution >= 0.6 is 0 Å². The van der Waals surface area contributed by atoms with E-state index in [0.29, 0.717) is 22.2 Å². The van der Waals surface area contributed by atoms with Crippen LogP contribution in [0, 0.1) is 11.6 Å². The Labute approximate surface area is 210 Å². The lowest BCUT2D eigenvalue weighted by Gasteiger charge is -2.26. The van der Waals surface area contributed by atoms with Gasteiger partial charge in [-0.3, -0.25) is 0 Å². The highest BCUT2D eigenvalue weighted by atomic mass is 32.2. The Morgan fingerprint density at radius 1 is 1.03 bits per heavy atom. The molecule has 2 heterocycles. The summed E-state index contributed by atoms with van der Waals surface area (Å²) in [5.74, 6) is -1.25. The van der Waals surface area contributed by atoms with E-state index >= 15 is 0 Å². The second-order valence-electron chi connectivity index (χ2n) is 9.34. The molecular formula is C25H25F2N3O4S2. The van der Waals surface area contributed by atoms with E-state index in [1.54, 1.807) is 57.2 Å². The van der Waals surface area contributed by atoms with Gasteiger partial charge in [-0.25, -0.2) is 31.1 Å². The average molecular weight is 534 g/mol. The summed E-state index contributed by atoms with van der Waals surface area (Å²) < 4.78 is 73.9. The van der Waals surface area contributed by atoms with Gasteiger partial charge in [0.2, 0.25) is 5.58 Å². The zero-order chi connectivity index (χ0) is 26.3. The molecule has 0 aliphatic rings. The quantitative estimate of drug-likeness (QED) is 0.362. The Morgan fingerprint density at radius 3 is 2.44 bits per heavy atom. The van der Waals surface area contributed by atoms with Crippen molar-refractivity contribution in [3.05, 3.63) is 77.5 Å². The topological polar surface area (TPSA) is 102 Å². The van der Waals surface area contributed by atoms with Gasteiger partial charge in [0.1, 0.15) is 11.5 Å². The van der Waals surface area contributed by atoms with E-state index in [0.717, 1.165) is 18.4 Å². The van der Waals surface area contributed by atoms with Crippen LogP contribution in [0.4, 0.5) is 8.78 Å². The number of aromatic nitrogens is 2. The molecule has 0 saturated carbocycles. The van der Waals surface area contributed by atoms with Crippen LogP contribution in [0.2, 0.25) is 0 Å². The third-order valence-electron chi connectivity index (χ3n) is 5.52. The van der Waals surface area contributed by atoms with Crippen molar-refractivity contribution in [3.8, 4) is 11.3 Å². The number of halogens is 2. The second-order valence-corrected chi connectivity index (χ2v) is 13.3. The van der Waals surface area contributed by atoms with Gasteiger partial charge < -0.3 is 4.52 Å². The lowest BCUT2D eigenvalue weighted by molar-refractivity contribution is 0.443. The fourth-order valence-corrected chi connectivity index (χ4v) is 5.08. The number of rotatable bonds is 7. The lowest BCUT2D eigenvalue weighted by atomic mass is 9.94. The van der Waals surface area contributed by atoms with Gasteiger partial charge in [-0.2, -0.15) is 0 Å². The minimum Gasteiger partial charge on any atom is -0.352 e. The van der Waals surface area contributed by atoms with Crippen molar-refractivity contribution in [2.24, 2.45) is 0 Å². The van der Waals surface area contributed by atoms with Crippen LogP contribution in [0.25, 0.3) is 22.2 Å². The number of nitrogens with one attached hydrogen (secondary N) is 1. The first-order valence-electron chi connectivity index (χ1n) is 11.0. The molecule has 0 saturated heterocycles. The highest BCUT2D eigenvalue weighted by Crippen LogP contribution is 2.35. The van der Waals surface area contributed by atoms with Gasteiger partial charge in [-0.1, -0.05) is 35.5 Å². The standard InChI is InChI=1S/C25H25F2N3O4S2/c1-25(2,3)35(31)30-20(14-21-18(26)12-13-22(28-21)36(4,32)33)15-8-5-6-9-16(15)23-17-10-7-11-19(27)24(17)34-29-23/h5-13,20,30H,14H2,1-4H3/t20-,35-/m0/s1. The maximum absolute atomic E-state index is 14.8. The van der Waals surface area contributed by atoms with Gasteiger partial charge in [0.05, 0.1) is 32.9 Å². The predicted octanol–water partition coefficient (Wildman–Crippen LogP) is 4.91. The van der Waals surface area contributed by atoms with E-state index in [4.69, 9.17) is 4.52 Å². The number of benzene rings is 2. The molecule has 7 nitrogen and oxygen atoms in total. The summed E-state index contributed by atoms with van der Waals surface area (Å²) in [6.07, 6.45) is 0.879. The number of fused-ring (bicyclic) bond motifs is 1. The van der Waals surface area contributed by atoms with Gasteiger partial charge in [0, 0.05) is 18.2 Å². The number of pyridine rings is 1. The molecule has 0 aliphatic heterocycles. The molecule has 1 N–H and O–H groups in total. The van der Waals surface area contributed by atoms with Crippen molar-refractivity contribution >= 4 is 31.8 Å². The summed E-state index contributed by atoms with van der Waals surface area (Å²) in [6, 6.07) is 12.9. The molecule has 0 fully saturated rings. The van der Waals surface area contributed by atoms with Gasteiger partial charge >= 0.3 is 0 Å². The van der Waals surface area contributed by atoms with Crippen molar-refractivity contribution < 1.29 is 25.9 Å². The number of sulfone groups is 1. The van der Waals surface area contributed by atoms with Gasteiger partial charge in [0.15, 0.2) is 20.7 Å². The number of hydrogen-bond acceptors (Lipinski definition) is 6. The Balaban J connectivity index is 1.86. The molecule has 36 heavy (non-hydrogen) atoms. The summed E-state index contributed by atoms with van der Waals surface area (Å²) in [5, 5.41) is 4.26. The van der Waals surface area contributed by atoms with Gasteiger partial charge in [-0.15, -0.1) is 0 Å². The average Bonchev–Trinajstić information content (AvgIpc) is 3.24. The molecule has 4 rings (SSSR count). The van der Waals surface area contributed by atoms with Gasteiger partial charge in [0.25, 0.3) is 0 Å². The van der Waals surface area contributed by atoms with Crippen molar-refractivity contribution in [2.45, 2.75) is 43.0 Å². The molecular weight excluding hydrogens is 508 g/mol. The molecule has 190 valence electrons. The molecule has 0 aliphatic carbocycles. The number of nitrogens with zero attached hydrogens (tertiary/aromatic N) is 2. The Kier molecular flexibility index (Phi) is 7.09. The Morgan fingerprint density at radius 2 is 1.75 bits per heavy atom. The van der Waals surface area contributed by atoms with Crippen molar-refractivity contribution in [1.82, 2.24) is 14.9 Å². The molecule has 0 unspecified atom stereocenters. The smallest absolute Gasteiger partial charge is 0.203 e. The zero-order valence-corrected chi connectivity index (χ0v) is 21.7. The van der Waals surface area contributed by atoms with Crippen LogP contribution in [-0.2, 0) is 27.2 Å². The Hall–Kier alpha value is -3.02. The molecule has 11 heteroatoms. The molecule has 0 bridgehead atoms. The predicted molar refractivity (Wildman–Crippen MR) is 134 cm³/mol. The van der Waals surface area contributed by atoms with Crippen molar-refractivity contribution in [3.63, 3.8) is 0 Å².